The van der Waals surface area contributed by atoms with E-state index in [-0.39, 0.29) is 16.7 Å². The van der Waals surface area contributed by atoms with Gasteiger partial charge < -0.3 is 14.9 Å². The SMILES string of the molecule is C=C(C=C(C(=O)O)C(C)C=C(C)C(=O)O)C(=O)OC. The molecule has 0 radical (unpaired) electrons. The van der Waals surface area contributed by atoms with E-state index in [0.29, 0.717) is 0 Å². The van der Waals surface area contributed by atoms with Crippen molar-refractivity contribution < 1.29 is 29.3 Å². The summed E-state index contributed by atoms with van der Waals surface area (Å²) in [5, 5.41) is 17.8. The lowest BCUT2D eigenvalue weighted by molar-refractivity contribution is -0.135. The Hall–Kier alpha value is -2.37. The van der Waals surface area contributed by atoms with Gasteiger partial charge in [0.25, 0.3) is 0 Å². The van der Waals surface area contributed by atoms with Gasteiger partial charge in [-0.1, -0.05) is 19.6 Å². The molecule has 2 N–H and O–H groups in total. The fourth-order valence-corrected chi connectivity index (χ4v) is 1.30. The average Bonchev–Trinajstić information content (AvgIpc) is 2.33. The van der Waals surface area contributed by atoms with E-state index in [1.807, 2.05) is 0 Å². The zero-order valence-electron chi connectivity index (χ0n) is 11.0. The highest BCUT2D eigenvalue weighted by molar-refractivity contribution is 5.95. The topological polar surface area (TPSA) is 101 Å². The number of carbonyl (C=O) groups excluding carboxylic acids is 1. The highest BCUT2D eigenvalue weighted by Crippen LogP contribution is 2.17. The van der Waals surface area contributed by atoms with Crippen molar-refractivity contribution in [3.05, 3.63) is 35.5 Å². The zero-order valence-corrected chi connectivity index (χ0v) is 11.0. The third-order valence-electron chi connectivity index (χ3n) is 2.35. The van der Waals surface area contributed by atoms with E-state index < -0.39 is 23.8 Å². The van der Waals surface area contributed by atoms with Gasteiger partial charge in [0.2, 0.25) is 0 Å². The first kappa shape index (κ1) is 16.6. The fourth-order valence-electron chi connectivity index (χ4n) is 1.30. The summed E-state index contributed by atoms with van der Waals surface area (Å²) in [6, 6.07) is 0. The van der Waals surface area contributed by atoms with Gasteiger partial charge in [0, 0.05) is 17.1 Å². The molecule has 0 aliphatic heterocycles. The Morgan fingerprint density at radius 1 is 1.21 bits per heavy atom. The number of aliphatic carboxylic acids is 2. The molecule has 0 aliphatic carbocycles. The summed E-state index contributed by atoms with van der Waals surface area (Å²) in [6.45, 7) is 6.26. The molecule has 0 amide bonds. The van der Waals surface area contributed by atoms with Gasteiger partial charge in [-0.3, -0.25) is 0 Å². The van der Waals surface area contributed by atoms with E-state index >= 15 is 0 Å². The minimum atomic E-state index is -1.26. The maximum Gasteiger partial charge on any atom is 0.337 e. The number of carboxylic acids is 2. The molecule has 1 atom stereocenters. The van der Waals surface area contributed by atoms with Gasteiger partial charge in [-0.25, -0.2) is 14.4 Å². The van der Waals surface area contributed by atoms with E-state index in [1.54, 1.807) is 0 Å². The number of esters is 1. The van der Waals surface area contributed by atoms with Gasteiger partial charge in [0.05, 0.1) is 12.7 Å². The molecule has 0 aromatic carbocycles. The van der Waals surface area contributed by atoms with Crippen LogP contribution < -0.4 is 0 Å². The van der Waals surface area contributed by atoms with Gasteiger partial charge in [0.15, 0.2) is 0 Å². The van der Waals surface area contributed by atoms with Crippen molar-refractivity contribution in [2.75, 3.05) is 7.11 Å². The molecule has 0 bridgehead atoms. The molecule has 104 valence electrons. The number of allylic oxidation sites excluding steroid dienone is 1. The van der Waals surface area contributed by atoms with Gasteiger partial charge in [-0.05, 0) is 13.0 Å². The predicted octanol–water partition coefficient (Wildman–Crippen LogP) is 1.39. The first-order valence-corrected chi connectivity index (χ1v) is 5.34. The maximum atomic E-state index is 11.2. The van der Waals surface area contributed by atoms with Crippen molar-refractivity contribution in [3.8, 4) is 0 Å². The second-order valence-electron chi connectivity index (χ2n) is 3.87. The highest BCUT2D eigenvalue weighted by atomic mass is 16.5. The first-order chi connectivity index (χ1) is 8.70. The van der Waals surface area contributed by atoms with Crippen LogP contribution in [0.15, 0.2) is 35.5 Å². The maximum absolute atomic E-state index is 11.2. The minimum absolute atomic E-state index is 0.0170. The van der Waals surface area contributed by atoms with E-state index in [4.69, 9.17) is 10.2 Å². The number of hydrogen-bond acceptors (Lipinski definition) is 4. The van der Waals surface area contributed by atoms with Crippen molar-refractivity contribution in [2.45, 2.75) is 13.8 Å². The quantitative estimate of drug-likeness (QED) is 0.429. The molecule has 0 rings (SSSR count). The molecule has 0 heterocycles. The van der Waals surface area contributed by atoms with Gasteiger partial charge in [-0.15, -0.1) is 0 Å². The number of methoxy groups -OCH3 is 1. The van der Waals surface area contributed by atoms with Crippen LogP contribution in [0.25, 0.3) is 0 Å². The second kappa shape index (κ2) is 7.15. The van der Waals surface area contributed by atoms with Crippen molar-refractivity contribution in [2.24, 2.45) is 5.92 Å². The minimum Gasteiger partial charge on any atom is -0.478 e. The molecule has 1 unspecified atom stereocenters. The Morgan fingerprint density at radius 2 is 1.74 bits per heavy atom. The van der Waals surface area contributed by atoms with E-state index in [2.05, 4.69) is 11.3 Å². The summed E-state index contributed by atoms with van der Waals surface area (Å²) in [6.07, 6.45) is 2.36. The molecule has 6 heteroatoms. The number of rotatable bonds is 6. The lowest BCUT2D eigenvalue weighted by Gasteiger charge is -2.09. The smallest absolute Gasteiger partial charge is 0.337 e. The van der Waals surface area contributed by atoms with E-state index in [9.17, 15) is 14.4 Å². The highest BCUT2D eigenvalue weighted by Gasteiger charge is 2.17. The number of carboxylic acid groups (broad SMARTS) is 2. The number of ether oxygens (including phenoxy) is 1. The van der Waals surface area contributed by atoms with Crippen molar-refractivity contribution in [1.82, 2.24) is 0 Å². The molecule has 6 nitrogen and oxygen atoms in total. The molecule has 0 aliphatic rings. The van der Waals surface area contributed by atoms with Crippen LogP contribution in [0.4, 0.5) is 0 Å². The average molecular weight is 268 g/mol. The summed E-state index contributed by atoms with van der Waals surface area (Å²) < 4.78 is 4.41. The Balaban J connectivity index is 5.35. The van der Waals surface area contributed by atoms with Crippen LogP contribution in [0.5, 0.6) is 0 Å². The van der Waals surface area contributed by atoms with Crippen molar-refractivity contribution in [1.29, 1.82) is 0 Å². The third-order valence-corrected chi connectivity index (χ3v) is 2.35. The first-order valence-electron chi connectivity index (χ1n) is 5.34. The third kappa shape index (κ3) is 5.20. The fraction of sp³-hybridized carbons (Fsp3) is 0.308. The Bertz CT molecular complexity index is 470. The summed E-state index contributed by atoms with van der Waals surface area (Å²) >= 11 is 0. The molecule has 0 saturated heterocycles. The Morgan fingerprint density at radius 3 is 2.11 bits per heavy atom. The molecule has 19 heavy (non-hydrogen) atoms. The van der Waals surface area contributed by atoms with Crippen molar-refractivity contribution in [3.63, 3.8) is 0 Å². The van der Waals surface area contributed by atoms with Gasteiger partial charge >= 0.3 is 17.9 Å². The van der Waals surface area contributed by atoms with Crippen LogP contribution in [0.3, 0.4) is 0 Å². The number of carbonyl (C=O) groups is 3. The summed E-state index contributed by atoms with van der Waals surface area (Å²) in [5.41, 5.74) is -0.243. The second-order valence-corrected chi connectivity index (χ2v) is 3.87. The lowest BCUT2D eigenvalue weighted by atomic mass is 9.96. The van der Waals surface area contributed by atoms with Gasteiger partial charge in [0.1, 0.15) is 0 Å². The normalized spacial score (nSPS) is 13.6. The van der Waals surface area contributed by atoms with E-state index in [0.717, 1.165) is 13.2 Å². The Labute approximate surface area is 110 Å². The summed E-state index contributed by atoms with van der Waals surface area (Å²) in [4.78, 5) is 32.9. The molecule has 0 aromatic rings. The van der Waals surface area contributed by atoms with Crippen LogP contribution in [-0.4, -0.2) is 35.2 Å². The van der Waals surface area contributed by atoms with E-state index in [1.165, 1.54) is 19.9 Å². The van der Waals surface area contributed by atoms with Crippen molar-refractivity contribution >= 4 is 17.9 Å². The molecule has 0 fully saturated rings. The standard InChI is InChI=1S/C13H16O6/c1-7(5-8(2)11(14)15)10(12(16)17)6-9(3)13(18)19-4/h5-7H,3H2,1-2,4H3,(H,14,15)(H,16,17). The monoisotopic (exact) mass is 268 g/mol. The molecule has 0 spiro atoms. The zero-order chi connectivity index (χ0) is 15.2. The largest absolute Gasteiger partial charge is 0.478 e. The van der Waals surface area contributed by atoms with Crippen LogP contribution in [-0.2, 0) is 19.1 Å². The van der Waals surface area contributed by atoms with Crippen LogP contribution in [0.1, 0.15) is 13.8 Å². The Kier molecular flexibility index (Phi) is 6.26. The van der Waals surface area contributed by atoms with Gasteiger partial charge in [-0.2, -0.15) is 0 Å². The van der Waals surface area contributed by atoms with Crippen LogP contribution >= 0.6 is 0 Å². The molecular weight excluding hydrogens is 252 g/mol. The predicted molar refractivity (Wildman–Crippen MR) is 67.4 cm³/mol. The summed E-state index contributed by atoms with van der Waals surface area (Å²) in [7, 11) is 1.15. The summed E-state index contributed by atoms with van der Waals surface area (Å²) in [5.74, 6) is -3.82. The van der Waals surface area contributed by atoms with Crippen LogP contribution in [0, 0.1) is 5.92 Å². The molecule has 0 aromatic heterocycles. The van der Waals surface area contributed by atoms with Crippen LogP contribution in [0.2, 0.25) is 0 Å². The molecule has 0 saturated carbocycles. The lowest BCUT2D eigenvalue weighted by Crippen LogP contribution is -2.12. The molecular formula is C13H16O6. The number of hydrogen-bond donors (Lipinski definition) is 2.